The Labute approximate surface area is 78.8 Å². The van der Waals surface area contributed by atoms with E-state index in [1.54, 1.807) is 4.90 Å². The number of hydrogen-bond donors (Lipinski definition) is 1. The molecule has 0 bridgehead atoms. The van der Waals surface area contributed by atoms with Crippen molar-refractivity contribution in [2.75, 3.05) is 20.2 Å². The largest absolute Gasteiger partial charge is 0.453 e. The number of carbonyl (C=O) groups is 1. The van der Waals surface area contributed by atoms with Crippen LogP contribution in [-0.4, -0.2) is 45.3 Å². The highest BCUT2D eigenvalue weighted by molar-refractivity contribution is 5.97. The highest BCUT2D eigenvalue weighted by Gasteiger charge is 2.23. The van der Waals surface area contributed by atoms with Gasteiger partial charge in [-0.05, 0) is 12.8 Å². The average molecular weight is 184 g/mol. The Kier molecular flexibility index (Phi) is 4.04. The van der Waals surface area contributed by atoms with Crippen molar-refractivity contribution in [2.45, 2.75) is 18.9 Å². The van der Waals surface area contributed by atoms with E-state index in [-0.39, 0.29) is 12.1 Å². The first kappa shape index (κ1) is 10.3. The number of piperidine rings is 1. The average Bonchev–Trinajstić information content (AvgIpc) is 2.18. The molecule has 1 atom stereocenters. The first-order chi connectivity index (χ1) is 6.27. The van der Waals surface area contributed by atoms with E-state index in [4.69, 9.17) is 8.05 Å². The third-order valence-corrected chi connectivity index (χ3v) is 2.09. The molecule has 1 aliphatic rings. The Morgan fingerprint density at radius 1 is 1.69 bits per heavy atom. The van der Waals surface area contributed by atoms with Gasteiger partial charge in [0, 0.05) is 19.1 Å². The zero-order valence-corrected chi connectivity index (χ0v) is 7.66. The molecule has 0 aliphatic carbocycles. The fourth-order valence-electron chi connectivity index (χ4n) is 1.46. The minimum absolute atomic E-state index is 0.0952. The summed E-state index contributed by atoms with van der Waals surface area (Å²) in [5.74, 6) is 0. The SMILES string of the molecule is [B]ONC1CCCN(C(=O)OC)C1. The summed E-state index contributed by atoms with van der Waals surface area (Å²) in [4.78, 5) is 12.7. The fraction of sp³-hybridized carbons (Fsp3) is 0.857. The molecule has 72 valence electrons. The lowest BCUT2D eigenvalue weighted by Gasteiger charge is -2.31. The van der Waals surface area contributed by atoms with E-state index in [9.17, 15) is 4.79 Å². The smallest absolute Gasteiger partial charge is 0.409 e. The van der Waals surface area contributed by atoms with Crippen molar-refractivity contribution in [3.8, 4) is 0 Å². The standard InChI is InChI=1S/C7H13BN2O3/c1-12-7(11)10-4-2-3-6(5-10)9-13-8/h6,9H,2-5H2,1H3. The number of nitrogens with one attached hydrogen (secondary N) is 1. The van der Waals surface area contributed by atoms with E-state index >= 15 is 0 Å². The second-order valence-electron chi connectivity index (χ2n) is 2.99. The lowest BCUT2D eigenvalue weighted by atomic mass is 10.1. The zero-order valence-electron chi connectivity index (χ0n) is 7.66. The number of methoxy groups -OCH3 is 1. The second-order valence-corrected chi connectivity index (χ2v) is 2.99. The molecule has 1 amide bonds. The van der Waals surface area contributed by atoms with Crippen LogP contribution in [0.1, 0.15) is 12.8 Å². The number of likely N-dealkylation sites (tertiary alicyclic amines) is 1. The van der Waals surface area contributed by atoms with Crippen LogP contribution in [0.15, 0.2) is 0 Å². The van der Waals surface area contributed by atoms with E-state index < -0.39 is 0 Å². The van der Waals surface area contributed by atoms with Gasteiger partial charge in [-0.3, -0.25) is 0 Å². The van der Waals surface area contributed by atoms with Crippen LogP contribution in [0.4, 0.5) is 4.79 Å². The molecule has 1 saturated heterocycles. The molecular formula is C7H13BN2O3. The molecule has 1 rings (SSSR count). The van der Waals surface area contributed by atoms with Gasteiger partial charge >= 0.3 is 14.1 Å². The first-order valence-electron chi connectivity index (χ1n) is 4.22. The molecule has 0 aromatic carbocycles. The van der Waals surface area contributed by atoms with Gasteiger partial charge in [0.1, 0.15) is 0 Å². The van der Waals surface area contributed by atoms with Gasteiger partial charge in [0.15, 0.2) is 0 Å². The van der Waals surface area contributed by atoms with Crippen molar-refractivity contribution in [3.05, 3.63) is 0 Å². The number of hydroxylamine groups is 1. The number of hydrogen-bond acceptors (Lipinski definition) is 4. The summed E-state index contributed by atoms with van der Waals surface area (Å²) in [7, 11) is 6.24. The third kappa shape index (κ3) is 2.89. The second kappa shape index (κ2) is 5.09. The lowest BCUT2D eigenvalue weighted by molar-refractivity contribution is 0.0808. The molecule has 2 radical (unpaired) electrons. The van der Waals surface area contributed by atoms with Crippen LogP contribution < -0.4 is 5.48 Å². The van der Waals surface area contributed by atoms with Crippen molar-refractivity contribution in [1.82, 2.24) is 10.4 Å². The molecule has 0 spiro atoms. The Bertz CT molecular complexity index is 177. The molecule has 1 heterocycles. The number of nitrogens with zero attached hydrogens (tertiary/aromatic N) is 1. The molecule has 0 aromatic heterocycles. The summed E-state index contributed by atoms with van der Waals surface area (Å²) in [5, 5.41) is 0. The Morgan fingerprint density at radius 3 is 3.08 bits per heavy atom. The van der Waals surface area contributed by atoms with Crippen molar-refractivity contribution in [1.29, 1.82) is 0 Å². The summed E-state index contributed by atoms with van der Waals surface area (Å²) in [6, 6.07) is 0.0952. The molecule has 0 aromatic rings. The Hall–Kier alpha value is -0.745. The van der Waals surface area contributed by atoms with E-state index in [1.165, 1.54) is 7.11 Å². The molecular weight excluding hydrogens is 171 g/mol. The highest BCUT2D eigenvalue weighted by Crippen LogP contribution is 2.10. The predicted molar refractivity (Wildman–Crippen MR) is 47.0 cm³/mol. The Morgan fingerprint density at radius 2 is 2.46 bits per heavy atom. The minimum Gasteiger partial charge on any atom is -0.453 e. The van der Waals surface area contributed by atoms with Crippen molar-refractivity contribution < 1.29 is 14.3 Å². The van der Waals surface area contributed by atoms with E-state index in [2.05, 4.69) is 15.0 Å². The van der Waals surface area contributed by atoms with Gasteiger partial charge in [-0.2, -0.15) is 0 Å². The van der Waals surface area contributed by atoms with Crippen LogP contribution >= 0.6 is 0 Å². The van der Waals surface area contributed by atoms with Crippen LogP contribution in [0, 0.1) is 0 Å². The van der Waals surface area contributed by atoms with Gasteiger partial charge < -0.3 is 14.4 Å². The fourth-order valence-corrected chi connectivity index (χ4v) is 1.46. The van der Waals surface area contributed by atoms with Crippen LogP contribution in [0.3, 0.4) is 0 Å². The van der Waals surface area contributed by atoms with Crippen LogP contribution in [0.25, 0.3) is 0 Å². The van der Waals surface area contributed by atoms with Gasteiger partial charge in [0.05, 0.1) is 7.11 Å². The van der Waals surface area contributed by atoms with Gasteiger partial charge in [0.25, 0.3) is 0 Å². The molecule has 6 heteroatoms. The molecule has 1 aliphatic heterocycles. The molecule has 1 N–H and O–H groups in total. The zero-order chi connectivity index (χ0) is 9.68. The monoisotopic (exact) mass is 184 g/mol. The summed E-state index contributed by atoms with van der Waals surface area (Å²) in [6.07, 6.45) is 1.57. The predicted octanol–water partition coefficient (Wildman–Crippen LogP) is -0.178. The summed E-state index contributed by atoms with van der Waals surface area (Å²) >= 11 is 0. The van der Waals surface area contributed by atoms with Gasteiger partial charge in [-0.15, -0.1) is 0 Å². The maximum Gasteiger partial charge on any atom is 0.409 e. The summed E-state index contributed by atoms with van der Waals surface area (Å²) < 4.78 is 8.92. The highest BCUT2D eigenvalue weighted by atomic mass is 16.6. The number of carbonyl (C=O) groups excluding carboxylic acids is 1. The topological polar surface area (TPSA) is 50.8 Å². The number of ether oxygens (including phenoxy) is 1. The molecule has 1 fully saturated rings. The van der Waals surface area contributed by atoms with E-state index in [0.29, 0.717) is 6.54 Å². The molecule has 13 heavy (non-hydrogen) atoms. The molecule has 1 unspecified atom stereocenters. The summed E-state index contributed by atoms with van der Waals surface area (Å²) in [6.45, 7) is 1.30. The van der Waals surface area contributed by atoms with Crippen molar-refractivity contribution in [2.24, 2.45) is 0 Å². The third-order valence-electron chi connectivity index (χ3n) is 2.09. The minimum atomic E-state index is -0.302. The normalized spacial score (nSPS) is 22.8. The van der Waals surface area contributed by atoms with E-state index in [1.807, 2.05) is 0 Å². The van der Waals surface area contributed by atoms with Crippen molar-refractivity contribution in [3.63, 3.8) is 0 Å². The van der Waals surface area contributed by atoms with Gasteiger partial charge in [-0.25, -0.2) is 10.3 Å². The molecule has 0 saturated carbocycles. The van der Waals surface area contributed by atoms with E-state index in [0.717, 1.165) is 19.4 Å². The maximum absolute atomic E-state index is 11.1. The Balaban J connectivity index is 2.37. The summed E-state index contributed by atoms with van der Waals surface area (Å²) in [5.41, 5.74) is 2.62. The number of amides is 1. The lowest BCUT2D eigenvalue weighted by Crippen LogP contribution is -2.47. The van der Waals surface area contributed by atoms with Gasteiger partial charge in [0.2, 0.25) is 0 Å². The van der Waals surface area contributed by atoms with Gasteiger partial charge in [-0.1, -0.05) is 0 Å². The van der Waals surface area contributed by atoms with Crippen LogP contribution in [0.5, 0.6) is 0 Å². The molecule has 5 nitrogen and oxygen atoms in total. The maximum atomic E-state index is 11.1. The van der Waals surface area contributed by atoms with Crippen LogP contribution in [-0.2, 0) is 9.49 Å². The number of rotatable bonds is 2. The van der Waals surface area contributed by atoms with Crippen LogP contribution in [0.2, 0.25) is 0 Å². The van der Waals surface area contributed by atoms with Crippen molar-refractivity contribution >= 4 is 14.1 Å². The first-order valence-corrected chi connectivity index (χ1v) is 4.22. The quantitative estimate of drug-likeness (QED) is 0.477.